The molecule has 1 amide bonds. The molecule has 0 saturated carbocycles. The summed E-state index contributed by atoms with van der Waals surface area (Å²) in [5, 5.41) is 0.272. The van der Waals surface area contributed by atoms with Gasteiger partial charge in [0.1, 0.15) is 10.8 Å². The summed E-state index contributed by atoms with van der Waals surface area (Å²) in [4.78, 5) is 25.8. The number of amides is 1. The smallest absolute Gasteiger partial charge is 0.274 e. The van der Waals surface area contributed by atoms with Crippen molar-refractivity contribution in [2.45, 2.75) is 13.5 Å². The third-order valence-corrected chi connectivity index (χ3v) is 2.83. The van der Waals surface area contributed by atoms with Gasteiger partial charge < -0.3 is 4.90 Å². The van der Waals surface area contributed by atoms with Crippen LogP contribution in [0, 0.1) is 0 Å². The molecule has 0 aliphatic heterocycles. The molecular weight excluding hydrogens is 264 g/mol. The van der Waals surface area contributed by atoms with E-state index in [1.165, 1.54) is 12.4 Å². The molecule has 0 radical (unpaired) electrons. The summed E-state index contributed by atoms with van der Waals surface area (Å²) in [5.41, 5.74) is 1.31. The van der Waals surface area contributed by atoms with Crippen molar-refractivity contribution in [2.24, 2.45) is 0 Å². The van der Waals surface area contributed by atoms with Crippen LogP contribution >= 0.6 is 11.6 Å². The first-order valence-corrected chi connectivity index (χ1v) is 6.24. The molecule has 6 heteroatoms. The lowest BCUT2D eigenvalue weighted by atomic mass is 10.2. The number of rotatable bonds is 4. The molecule has 5 nitrogen and oxygen atoms in total. The fraction of sp³-hybridized carbons (Fsp3) is 0.231. The summed E-state index contributed by atoms with van der Waals surface area (Å²) >= 11 is 5.65. The van der Waals surface area contributed by atoms with Crippen molar-refractivity contribution in [3.05, 3.63) is 53.3 Å². The fourth-order valence-electron chi connectivity index (χ4n) is 1.62. The van der Waals surface area contributed by atoms with Crippen LogP contribution in [0.4, 0.5) is 0 Å². The first-order valence-electron chi connectivity index (χ1n) is 5.86. The second-order valence-corrected chi connectivity index (χ2v) is 4.29. The predicted molar refractivity (Wildman–Crippen MR) is 71.7 cm³/mol. The molecule has 19 heavy (non-hydrogen) atoms. The van der Waals surface area contributed by atoms with Crippen molar-refractivity contribution in [3.8, 4) is 0 Å². The van der Waals surface area contributed by atoms with E-state index in [1.54, 1.807) is 17.3 Å². The van der Waals surface area contributed by atoms with Gasteiger partial charge >= 0.3 is 0 Å². The monoisotopic (exact) mass is 276 g/mol. The topological polar surface area (TPSA) is 59.0 Å². The standard InChI is InChI=1S/C13H13ClN4O/c1-2-18(9-10-3-5-15-6-4-10)13(19)11-7-17-12(14)8-16-11/h3-8H,2,9H2,1H3. The minimum atomic E-state index is -0.163. The van der Waals surface area contributed by atoms with Crippen LogP contribution in [0.2, 0.25) is 5.15 Å². The molecule has 0 saturated heterocycles. The second kappa shape index (κ2) is 6.24. The van der Waals surface area contributed by atoms with Gasteiger partial charge in [0.15, 0.2) is 0 Å². The molecule has 0 N–H and O–H groups in total. The minimum Gasteiger partial charge on any atom is -0.333 e. The van der Waals surface area contributed by atoms with Gasteiger partial charge in [-0.25, -0.2) is 9.97 Å². The van der Waals surface area contributed by atoms with E-state index in [4.69, 9.17) is 11.6 Å². The molecule has 0 bridgehead atoms. The summed E-state index contributed by atoms with van der Waals surface area (Å²) in [6, 6.07) is 3.76. The molecule has 2 rings (SSSR count). The van der Waals surface area contributed by atoms with Crippen LogP contribution in [0.5, 0.6) is 0 Å². The van der Waals surface area contributed by atoms with Crippen molar-refractivity contribution in [1.82, 2.24) is 19.9 Å². The van der Waals surface area contributed by atoms with Gasteiger partial charge in [0.05, 0.1) is 12.4 Å². The summed E-state index contributed by atoms with van der Waals surface area (Å²) in [7, 11) is 0. The molecule has 0 unspecified atom stereocenters. The molecule has 0 aliphatic rings. The van der Waals surface area contributed by atoms with Crippen LogP contribution in [0.15, 0.2) is 36.9 Å². The van der Waals surface area contributed by atoms with E-state index in [-0.39, 0.29) is 11.1 Å². The highest BCUT2D eigenvalue weighted by Crippen LogP contribution is 2.08. The van der Waals surface area contributed by atoms with Crippen LogP contribution in [-0.2, 0) is 6.54 Å². The highest BCUT2D eigenvalue weighted by Gasteiger charge is 2.16. The van der Waals surface area contributed by atoms with Crippen molar-refractivity contribution in [3.63, 3.8) is 0 Å². The van der Waals surface area contributed by atoms with E-state index in [0.717, 1.165) is 5.56 Å². The summed E-state index contributed by atoms with van der Waals surface area (Å²) in [5.74, 6) is -0.163. The molecular formula is C13H13ClN4O. The van der Waals surface area contributed by atoms with E-state index in [1.807, 2.05) is 19.1 Å². The number of pyridine rings is 1. The van der Waals surface area contributed by atoms with E-state index in [9.17, 15) is 4.79 Å². The Labute approximate surface area is 116 Å². The number of halogens is 1. The average Bonchev–Trinajstić information content (AvgIpc) is 2.46. The third-order valence-electron chi connectivity index (χ3n) is 2.63. The Morgan fingerprint density at radius 3 is 2.58 bits per heavy atom. The third kappa shape index (κ3) is 3.48. The first-order chi connectivity index (χ1) is 9.20. The zero-order chi connectivity index (χ0) is 13.7. The second-order valence-electron chi connectivity index (χ2n) is 3.90. The summed E-state index contributed by atoms with van der Waals surface area (Å²) < 4.78 is 0. The van der Waals surface area contributed by atoms with Gasteiger partial charge in [-0.15, -0.1) is 0 Å². The number of nitrogens with zero attached hydrogens (tertiary/aromatic N) is 4. The van der Waals surface area contributed by atoms with E-state index >= 15 is 0 Å². The highest BCUT2D eigenvalue weighted by atomic mass is 35.5. The molecule has 0 aromatic carbocycles. The number of carbonyl (C=O) groups is 1. The number of hydrogen-bond acceptors (Lipinski definition) is 4. The van der Waals surface area contributed by atoms with Gasteiger partial charge in [-0.1, -0.05) is 11.6 Å². The Bertz CT molecular complexity index is 544. The zero-order valence-electron chi connectivity index (χ0n) is 10.5. The number of hydrogen-bond donors (Lipinski definition) is 0. The van der Waals surface area contributed by atoms with Crippen molar-refractivity contribution in [2.75, 3.05) is 6.54 Å². The Balaban J connectivity index is 2.13. The molecule has 2 aromatic heterocycles. The van der Waals surface area contributed by atoms with Gasteiger partial charge in [0.2, 0.25) is 0 Å². The fourth-order valence-corrected chi connectivity index (χ4v) is 1.72. The van der Waals surface area contributed by atoms with Gasteiger partial charge in [-0.3, -0.25) is 9.78 Å². The Morgan fingerprint density at radius 1 is 1.26 bits per heavy atom. The SMILES string of the molecule is CCN(Cc1ccncc1)C(=O)c1cnc(Cl)cn1. The summed E-state index contributed by atoms with van der Waals surface area (Å²) in [6.45, 7) is 3.02. The van der Waals surface area contributed by atoms with Crippen molar-refractivity contribution in [1.29, 1.82) is 0 Å². The maximum atomic E-state index is 12.3. The van der Waals surface area contributed by atoms with Crippen LogP contribution in [0.25, 0.3) is 0 Å². The van der Waals surface area contributed by atoms with Gasteiger partial charge in [0.25, 0.3) is 5.91 Å². The van der Waals surface area contributed by atoms with Crippen LogP contribution in [-0.4, -0.2) is 32.3 Å². The van der Waals surface area contributed by atoms with Gasteiger partial charge in [-0.05, 0) is 24.6 Å². The normalized spacial score (nSPS) is 10.2. The predicted octanol–water partition coefficient (Wildman–Crippen LogP) is 2.19. The van der Waals surface area contributed by atoms with Crippen LogP contribution in [0.3, 0.4) is 0 Å². The number of carbonyl (C=O) groups excluding carboxylic acids is 1. The Morgan fingerprint density at radius 2 is 2.00 bits per heavy atom. The largest absolute Gasteiger partial charge is 0.333 e. The maximum absolute atomic E-state index is 12.3. The molecule has 0 aliphatic carbocycles. The Hall–Kier alpha value is -2.01. The average molecular weight is 277 g/mol. The van der Waals surface area contributed by atoms with E-state index < -0.39 is 0 Å². The lowest BCUT2D eigenvalue weighted by Gasteiger charge is -2.20. The van der Waals surface area contributed by atoms with Gasteiger partial charge in [-0.2, -0.15) is 0 Å². The van der Waals surface area contributed by atoms with E-state index in [2.05, 4.69) is 15.0 Å². The lowest BCUT2D eigenvalue weighted by molar-refractivity contribution is 0.0746. The van der Waals surface area contributed by atoms with Gasteiger partial charge in [0, 0.05) is 25.5 Å². The molecule has 98 valence electrons. The van der Waals surface area contributed by atoms with Crippen molar-refractivity contribution >= 4 is 17.5 Å². The van der Waals surface area contributed by atoms with E-state index in [0.29, 0.717) is 18.8 Å². The summed E-state index contributed by atoms with van der Waals surface area (Å²) in [6.07, 6.45) is 6.17. The Kier molecular flexibility index (Phi) is 4.41. The number of aromatic nitrogens is 3. The lowest BCUT2D eigenvalue weighted by Crippen LogP contribution is -2.31. The quantitative estimate of drug-likeness (QED) is 0.859. The molecule has 0 spiro atoms. The van der Waals surface area contributed by atoms with Crippen LogP contribution in [0.1, 0.15) is 23.0 Å². The first kappa shape index (κ1) is 13.4. The molecule has 2 heterocycles. The van der Waals surface area contributed by atoms with Crippen LogP contribution < -0.4 is 0 Å². The zero-order valence-corrected chi connectivity index (χ0v) is 11.2. The highest BCUT2D eigenvalue weighted by molar-refractivity contribution is 6.29. The maximum Gasteiger partial charge on any atom is 0.274 e. The minimum absolute atomic E-state index is 0.163. The molecule has 0 fully saturated rings. The molecule has 0 atom stereocenters. The van der Waals surface area contributed by atoms with Crippen molar-refractivity contribution < 1.29 is 4.79 Å². The molecule has 2 aromatic rings.